The van der Waals surface area contributed by atoms with Crippen LogP contribution in [0, 0.1) is 11.7 Å². The van der Waals surface area contributed by atoms with Gasteiger partial charge in [0.2, 0.25) is 5.89 Å². The van der Waals surface area contributed by atoms with Gasteiger partial charge < -0.3 is 4.52 Å². The summed E-state index contributed by atoms with van der Waals surface area (Å²) in [5.74, 6) is 1.81. The Labute approximate surface area is 133 Å². The molecule has 0 N–H and O–H groups in total. The van der Waals surface area contributed by atoms with Crippen molar-refractivity contribution in [2.24, 2.45) is 5.92 Å². The van der Waals surface area contributed by atoms with Gasteiger partial charge in [0.05, 0.1) is 5.69 Å². The molecule has 0 radical (unpaired) electrons. The van der Waals surface area contributed by atoms with Crippen LogP contribution in [-0.2, 0) is 0 Å². The first-order chi connectivity index (χ1) is 11.0. The van der Waals surface area contributed by atoms with Gasteiger partial charge in [-0.3, -0.25) is 0 Å². The summed E-state index contributed by atoms with van der Waals surface area (Å²) in [6.45, 7) is 6.28. The van der Waals surface area contributed by atoms with Crippen molar-refractivity contribution < 1.29 is 8.91 Å². The Bertz CT molecular complexity index is 861. The highest BCUT2D eigenvalue weighted by atomic mass is 19.1. The van der Waals surface area contributed by atoms with Crippen molar-refractivity contribution in [1.82, 2.24) is 19.9 Å². The number of rotatable bonds is 3. The minimum absolute atomic E-state index is 0.180. The van der Waals surface area contributed by atoms with E-state index in [0.717, 1.165) is 23.9 Å². The number of aromatic nitrogens is 4. The maximum Gasteiger partial charge on any atom is 0.291 e. The van der Waals surface area contributed by atoms with Crippen LogP contribution in [0.4, 0.5) is 4.39 Å². The average molecular weight is 314 g/mol. The van der Waals surface area contributed by atoms with E-state index in [0.29, 0.717) is 29.2 Å². The first-order valence-electron chi connectivity index (χ1n) is 8.05. The number of para-hydroxylation sites is 1. The number of benzene rings is 1. The molecule has 0 unspecified atom stereocenters. The van der Waals surface area contributed by atoms with E-state index in [9.17, 15) is 4.39 Å². The second-order valence-electron chi connectivity index (χ2n) is 6.79. The fraction of sp³-hybridized carbons (Fsp3) is 0.471. The number of hydrogen-bond acceptors (Lipinski definition) is 4. The van der Waals surface area contributed by atoms with Gasteiger partial charge in [-0.05, 0) is 35.9 Å². The van der Waals surface area contributed by atoms with E-state index in [1.54, 1.807) is 6.07 Å². The molecular weight excluding hydrogens is 295 g/mol. The maximum absolute atomic E-state index is 14.4. The molecule has 1 aliphatic rings. The van der Waals surface area contributed by atoms with Crippen LogP contribution in [0.1, 0.15) is 57.0 Å². The van der Waals surface area contributed by atoms with E-state index >= 15 is 0 Å². The summed E-state index contributed by atoms with van der Waals surface area (Å²) in [6.07, 6.45) is 2.13. The third-order valence-electron chi connectivity index (χ3n) is 4.57. The summed E-state index contributed by atoms with van der Waals surface area (Å²) in [7, 11) is 0. The average Bonchev–Trinajstić information content (AvgIpc) is 3.08. The molecule has 0 atom stereocenters. The smallest absolute Gasteiger partial charge is 0.291 e. The van der Waals surface area contributed by atoms with Crippen molar-refractivity contribution in [3.63, 3.8) is 0 Å². The molecule has 0 saturated heterocycles. The Balaban J connectivity index is 1.82. The lowest BCUT2D eigenvalue weighted by atomic mass is 9.76. The number of halogens is 1. The summed E-state index contributed by atoms with van der Waals surface area (Å²) in [5.41, 5.74) is 1.24. The Hall–Kier alpha value is -2.24. The van der Waals surface area contributed by atoms with E-state index in [1.807, 2.05) is 19.9 Å². The summed E-state index contributed by atoms with van der Waals surface area (Å²) in [4.78, 5) is 4.46. The SMILES string of the molecule is CC1CC(c2nc(-n3nc(C(C)C)c4cccc(F)c43)no2)C1. The molecule has 0 amide bonds. The third kappa shape index (κ3) is 2.24. The Morgan fingerprint density at radius 2 is 2.09 bits per heavy atom. The lowest BCUT2D eigenvalue weighted by Gasteiger charge is -2.29. The molecule has 1 aliphatic carbocycles. The van der Waals surface area contributed by atoms with E-state index in [4.69, 9.17) is 4.52 Å². The first-order valence-corrected chi connectivity index (χ1v) is 8.05. The first kappa shape index (κ1) is 14.4. The second-order valence-corrected chi connectivity index (χ2v) is 6.79. The normalized spacial score (nSPS) is 21.1. The van der Waals surface area contributed by atoms with Gasteiger partial charge in [-0.1, -0.05) is 32.9 Å². The van der Waals surface area contributed by atoms with Crippen LogP contribution in [0.15, 0.2) is 22.7 Å². The van der Waals surface area contributed by atoms with E-state index in [1.165, 1.54) is 10.7 Å². The molecule has 1 fully saturated rings. The number of hydrogen-bond donors (Lipinski definition) is 0. The van der Waals surface area contributed by atoms with Crippen molar-refractivity contribution in [2.45, 2.75) is 45.4 Å². The molecule has 2 aromatic heterocycles. The van der Waals surface area contributed by atoms with Gasteiger partial charge in [0.25, 0.3) is 5.95 Å². The zero-order chi connectivity index (χ0) is 16.1. The molecule has 0 bridgehead atoms. The molecule has 23 heavy (non-hydrogen) atoms. The highest BCUT2D eigenvalue weighted by molar-refractivity contribution is 5.84. The molecule has 0 spiro atoms. The van der Waals surface area contributed by atoms with Crippen LogP contribution in [-0.4, -0.2) is 19.9 Å². The highest BCUT2D eigenvalue weighted by Crippen LogP contribution is 2.40. The fourth-order valence-electron chi connectivity index (χ4n) is 3.30. The van der Waals surface area contributed by atoms with Crippen LogP contribution < -0.4 is 0 Å². The predicted octanol–water partition coefficient (Wildman–Crippen LogP) is 4.18. The lowest BCUT2D eigenvalue weighted by molar-refractivity contribution is 0.227. The summed E-state index contributed by atoms with van der Waals surface area (Å²) < 4.78 is 21.2. The zero-order valence-electron chi connectivity index (χ0n) is 13.5. The third-order valence-corrected chi connectivity index (χ3v) is 4.57. The fourth-order valence-corrected chi connectivity index (χ4v) is 3.30. The van der Waals surface area contributed by atoms with Crippen molar-refractivity contribution in [3.8, 4) is 5.95 Å². The Kier molecular flexibility index (Phi) is 3.21. The molecule has 4 rings (SSSR count). The number of fused-ring (bicyclic) bond motifs is 1. The molecule has 5 nitrogen and oxygen atoms in total. The van der Waals surface area contributed by atoms with Gasteiger partial charge >= 0.3 is 0 Å². The molecule has 1 aromatic carbocycles. The van der Waals surface area contributed by atoms with Crippen LogP contribution in [0.5, 0.6) is 0 Å². The van der Waals surface area contributed by atoms with Gasteiger partial charge in [0, 0.05) is 11.3 Å². The topological polar surface area (TPSA) is 56.7 Å². The van der Waals surface area contributed by atoms with Crippen molar-refractivity contribution in [2.75, 3.05) is 0 Å². The van der Waals surface area contributed by atoms with Crippen molar-refractivity contribution in [3.05, 3.63) is 35.6 Å². The molecule has 2 heterocycles. The molecule has 3 aromatic rings. The maximum atomic E-state index is 14.4. The standard InChI is InChI=1S/C17H19FN4O/c1-9(2)14-12-5-4-6-13(18)15(12)22(20-14)17-19-16(23-21-17)11-7-10(3)8-11/h4-6,9-11H,7-8H2,1-3H3. The molecule has 120 valence electrons. The lowest BCUT2D eigenvalue weighted by Crippen LogP contribution is -2.19. The minimum atomic E-state index is -0.328. The minimum Gasteiger partial charge on any atom is -0.337 e. The van der Waals surface area contributed by atoms with Crippen LogP contribution >= 0.6 is 0 Å². The van der Waals surface area contributed by atoms with Gasteiger partial charge in [-0.15, -0.1) is 0 Å². The summed E-state index contributed by atoms with van der Waals surface area (Å²) in [6, 6.07) is 5.01. The van der Waals surface area contributed by atoms with Crippen molar-refractivity contribution in [1.29, 1.82) is 0 Å². The molecule has 1 saturated carbocycles. The summed E-state index contributed by atoms with van der Waals surface area (Å²) >= 11 is 0. The van der Waals surface area contributed by atoms with Crippen LogP contribution in [0.25, 0.3) is 16.9 Å². The zero-order valence-corrected chi connectivity index (χ0v) is 13.5. The second kappa shape index (κ2) is 5.15. The molecule has 6 heteroatoms. The van der Waals surface area contributed by atoms with Crippen LogP contribution in [0.2, 0.25) is 0 Å². The highest BCUT2D eigenvalue weighted by Gasteiger charge is 2.32. The molecular formula is C17H19FN4O. The number of nitrogens with zero attached hydrogens (tertiary/aromatic N) is 4. The quantitative estimate of drug-likeness (QED) is 0.727. The van der Waals surface area contributed by atoms with Gasteiger partial charge in [0.15, 0.2) is 0 Å². The Morgan fingerprint density at radius 1 is 1.30 bits per heavy atom. The van der Waals surface area contributed by atoms with E-state index in [-0.39, 0.29) is 11.7 Å². The van der Waals surface area contributed by atoms with Gasteiger partial charge in [-0.25, -0.2) is 4.39 Å². The van der Waals surface area contributed by atoms with Gasteiger partial charge in [-0.2, -0.15) is 14.8 Å². The Morgan fingerprint density at radius 3 is 2.78 bits per heavy atom. The van der Waals surface area contributed by atoms with Gasteiger partial charge in [0.1, 0.15) is 11.3 Å². The van der Waals surface area contributed by atoms with E-state index < -0.39 is 0 Å². The monoisotopic (exact) mass is 314 g/mol. The molecule has 0 aliphatic heterocycles. The van der Waals surface area contributed by atoms with E-state index in [2.05, 4.69) is 22.2 Å². The van der Waals surface area contributed by atoms with Crippen LogP contribution in [0.3, 0.4) is 0 Å². The predicted molar refractivity (Wildman–Crippen MR) is 84.1 cm³/mol. The summed E-state index contributed by atoms with van der Waals surface area (Å²) in [5, 5.41) is 9.36. The van der Waals surface area contributed by atoms with Crippen molar-refractivity contribution >= 4 is 10.9 Å². The largest absolute Gasteiger partial charge is 0.337 e.